The second kappa shape index (κ2) is 6.23. The van der Waals surface area contributed by atoms with Gasteiger partial charge in [0.15, 0.2) is 0 Å². The number of thioether (sulfide) groups is 1. The van der Waals surface area contributed by atoms with E-state index in [1.165, 1.54) is 0 Å². The van der Waals surface area contributed by atoms with E-state index in [-0.39, 0.29) is 18.0 Å². The predicted molar refractivity (Wildman–Crippen MR) is 56.2 cm³/mol. The van der Waals surface area contributed by atoms with Crippen LogP contribution in [0.3, 0.4) is 0 Å². The summed E-state index contributed by atoms with van der Waals surface area (Å²) in [6, 6.07) is 3.96. The van der Waals surface area contributed by atoms with Crippen LogP contribution >= 0.6 is 11.8 Å². The zero-order valence-corrected chi connectivity index (χ0v) is 8.93. The second-order valence-electron chi connectivity index (χ2n) is 2.84. The Morgan fingerprint density at radius 3 is 2.64 bits per heavy atom. The molecule has 0 aromatic heterocycles. The number of hydrogen-bond acceptors (Lipinski definition) is 4. The molecule has 74 valence electrons. The van der Waals surface area contributed by atoms with Crippen LogP contribution in [0.25, 0.3) is 0 Å². The average molecular weight is 208 g/mol. The van der Waals surface area contributed by atoms with Gasteiger partial charge in [0.2, 0.25) is 5.12 Å². The Morgan fingerprint density at radius 2 is 2.29 bits per heavy atom. The molecule has 0 amide bonds. The van der Waals surface area contributed by atoms with E-state index in [1.54, 1.807) is 12.3 Å². The standard InChI is InChI=1S/C10H12N2OS/c1-3-5-10(8-12,6-4-7-11)9(13)14-2/h3H,1,4-6H2,2H3/t10-/m1/s1. The van der Waals surface area contributed by atoms with Crippen molar-refractivity contribution in [2.75, 3.05) is 6.26 Å². The molecule has 4 heteroatoms. The molecule has 0 aliphatic rings. The minimum Gasteiger partial charge on any atom is -0.285 e. The Balaban J connectivity index is 4.81. The van der Waals surface area contributed by atoms with Gasteiger partial charge >= 0.3 is 0 Å². The Morgan fingerprint density at radius 1 is 1.64 bits per heavy atom. The van der Waals surface area contributed by atoms with Crippen LogP contribution in [0.5, 0.6) is 0 Å². The zero-order chi connectivity index (χ0) is 11.0. The third-order valence-electron chi connectivity index (χ3n) is 1.95. The minimum atomic E-state index is -1.06. The van der Waals surface area contributed by atoms with Crippen molar-refractivity contribution in [2.45, 2.75) is 19.3 Å². The molecule has 0 rings (SSSR count). The van der Waals surface area contributed by atoms with Crippen molar-refractivity contribution in [3.8, 4) is 12.1 Å². The van der Waals surface area contributed by atoms with Crippen molar-refractivity contribution in [2.24, 2.45) is 5.41 Å². The molecule has 0 aliphatic heterocycles. The number of nitriles is 2. The van der Waals surface area contributed by atoms with E-state index >= 15 is 0 Å². The maximum absolute atomic E-state index is 11.5. The van der Waals surface area contributed by atoms with Gasteiger partial charge in [-0.3, -0.25) is 4.79 Å². The quantitative estimate of drug-likeness (QED) is 0.650. The van der Waals surface area contributed by atoms with E-state index in [9.17, 15) is 4.79 Å². The molecule has 0 saturated carbocycles. The van der Waals surface area contributed by atoms with Crippen LogP contribution in [0.4, 0.5) is 0 Å². The van der Waals surface area contributed by atoms with Crippen LogP contribution in [-0.2, 0) is 4.79 Å². The Labute approximate surface area is 88.4 Å². The Kier molecular flexibility index (Phi) is 5.67. The minimum absolute atomic E-state index is 0.185. The van der Waals surface area contributed by atoms with Crippen molar-refractivity contribution in [1.29, 1.82) is 10.5 Å². The van der Waals surface area contributed by atoms with Gasteiger partial charge < -0.3 is 0 Å². The van der Waals surface area contributed by atoms with E-state index in [1.807, 2.05) is 12.1 Å². The van der Waals surface area contributed by atoms with Gasteiger partial charge in [-0.2, -0.15) is 10.5 Å². The van der Waals surface area contributed by atoms with Crippen molar-refractivity contribution in [3.63, 3.8) is 0 Å². The summed E-state index contributed by atoms with van der Waals surface area (Å²) in [6.07, 6.45) is 4.00. The number of carbonyl (C=O) groups is 1. The van der Waals surface area contributed by atoms with Crippen molar-refractivity contribution < 1.29 is 4.79 Å². The fourth-order valence-corrected chi connectivity index (χ4v) is 1.77. The highest BCUT2D eigenvalue weighted by atomic mass is 32.2. The van der Waals surface area contributed by atoms with Crippen molar-refractivity contribution in [1.82, 2.24) is 0 Å². The largest absolute Gasteiger partial charge is 0.285 e. The van der Waals surface area contributed by atoms with E-state index in [0.29, 0.717) is 6.42 Å². The summed E-state index contributed by atoms with van der Waals surface area (Å²) in [5.74, 6) is 0. The second-order valence-corrected chi connectivity index (χ2v) is 3.62. The molecule has 14 heavy (non-hydrogen) atoms. The van der Waals surface area contributed by atoms with Gasteiger partial charge in [-0.1, -0.05) is 17.8 Å². The van der Waals surface area contributed by atoms with Crippen molar-refractivity contribution >= 4 is 16.9 Å². The highest BCUT2D eigenvalue weighted by Crippen LogP contribution is 2.32. The van der Waals surface area contributed by atoms with Crippen molar-refractivity contribution in [3.05, 3.63) is 12.7 Å². The van der Waals surface area contributed by atoms with Crippen LogP contribution in [0.2, 0.25) is 0 Å². The summed E-state index contributed by atoms with van der Waals surface area (Å²) in [5, 5.41) is 17.3. The summed E-state index contributed by atoms with van der Waals surface area (Å²) in [7, 11) is 0. The molecule has 0 aromatic carbocycles. The molecule has 0 saturated heterocycles. The molecule has 1 atom stereocenters. The Hall–Kier alpha value is -1.26. The molecule has 0 bridgehead atoms. The fraction of sp³-hybridized carbons (Fsp3) is 0.500. The summed E-state index contributed by atoms with van der Waals surface area (Å²) in [5.41, 5.74) is -1.06. The highest BCUT2D eigenvalue weighted by Gasteiger charge is 2.36. The smallest absolute Gasteiger partial charge is 0.209 e. The summed E-state index contributed by atoms with van der Waals surface area (Å²) < 4.78 is 0. The number of hydrogen-bond donors (Lipinski definition) is 0. The number of rotatable bonds is 5. The van der Waals surface area contributed by atoms with Gasteiger partial charge in [-0.05, 0) is 19.1 Å². The highest BCUT2D eigenvalue weighted by molar-refractivity contribution is 8.13. The molecular formula is C10H12N2OS. The topological polar surface area (TPSA) is 64.7 Å². The summed E-state index contributed by atoms with van der Waals surface area (Å²) in [4.78, 5) is 11.5. The normalized spacial score (nSPS) is 13.4. The van der Waals surface area contributed by atoms with E-state index < -0.39 is 5.41 Å². The molecule has 0 aliphatic carbocycles. The van der Waals surface area contributed by atoms with Crippen LogP contribution < -0.4 is 0 Å². The summed E-state index contributed by atoms with van der Waals surface area (Å²) in [6.45, 7) is 3.52. The molecule has 0 fully saturated rings. The molecule has 0 unspecified atom stereocenters. The number of allylic oxidation sites excluding steroid dienone is 1. The van der Waals surface area contributed by atoms with E-state index in [0.717, 1.165) is 11.8 Å². The first-order valence-corrected chi connectivity index (χ1v) is 5.37. The monoisotopic (exact) mass is 208 g/mol. The molecule has 3 nitrogen and oxygen atoms in total. The lowest BCUT2D eigenvalue weighted by Gasteiger charge is -2.20. The van der Waals surface area contributed by atoms with E-state index in [2.05, 4.69) is 6.58 Å². The van der Waals surface area contributed by atoms with Gasteiger partial charge in [-0.15, -0.1) is 6.58 Å². The van der Waals surface area contributed by atoms with Gasteiger partial charge in [0, 0.05) is 6.42 Å². The molecule has 0 aromatic rings. The first-order valence-electron chi connectivity index (χ1n) is 4.14. The van der Waals surface area contributed by atoms with Crippen LogP contribution in [0.15, 0.2) is 12.7 Å². The lowest BCUT2D eigenvalue weighted by atomic mass is 9.83. The van der Waals surface area contributed by atoms with Gasteiger partial charge in [0.25, 0.3) is 0 Å². The maximum atomic E-state index is 11.5. The first kappa shape index (κ1) is 12.7. The van der Waals surface area contributed by atoms with Crippen LogP contribution in [0.1, 0.15) is 19.3 Å². The van der Waals surface area contributed by atoms with Gasteiger partial charge in [-0.25, -0.2) is 0 Å². The Bertz CT molecular complexity index is 300. The molecule has 0 heterocycles. The number of nitrogens with zero attached hydrogens (tertiary/aromatic N) is 2. The molecule has 0 N–H and O–H groups in total. The SMILES string of the molecule is C=CC[C@](C#N)(CCC#N)C(=O)SC. The van der Waals surface area contributed by atoms with Crippen LogP contribution in [0, 0.1) is 28.1 Å². The lowest BCUT2D eigenvalue weighted by molar-refractivity contribution is -0.117. The molecule has 0 radical (unpaired) electrons. The van der Waals surface area contributed by atoms with Gasteiger partial charge in [0.1, 0.15) is 5.41 Å². The third kappa shape index (κ3) is 2.90. The predicted octanol–water partition coefficient (Wildman–Crippen LogP) is 2.27. The van der Waals surface area contributed by atoms with Crippen LogP contribution in [-0.4, -0.2) is 11.4 Å². The third-order valence-corrected chi connectivity index (χ3v) is 2.71. The lowest BCUT2D eigenvalue weighted by Crippen LogP contribution is -2.26. The summed E-state index contributed by atoms with van der Waals surface area (Å²) >= 11 is 1.03. The maximum Gasteiger partial charge on any atom is 0.209 e. The molecule has 0 spiro atoms. The van der Waals surface area contributed by atoms with E-state index in [4.69, 9.17) is 10.5 Å². The number of carbonyl (C=O) groups excluding carboxylic acids is 1. The first-order chi connectivity index (χ1) is 6.66. The fourth-order valence-electron chi connectivity index (χ4n) is 1.15. The molecular weight excluding hydrogens is 196 g/mol. The average Bonchev–Trinajstić information content (AvgIpc) is 2.23. The zero-order valence-electron chi connectivity index (χ0n) is 8.12. The van der Waals surface area contributed by atoms with Gasteiger partial charge in [0.05, 0.1) is 12.1 Å².